The van der Waals surface area contributed by atoms with Crippen molar-refractivity contribution in [2.75, 3.05) is 14.2 Å². The van der Waals surface area contributed by atoms with E-state index in [-0.39, 0.29) is 12.2 Å². The van der Waals surface area contributed by atoms with E-state index >= 15 is 0 Å². The van der Waals surface area contributed by atoms with Crippen molar-refractivity contribution >= 4 is 17.8 Å². The molecule has 2 heterocycles. The number of phenols is 1. The molecule has 2 amide bonds. The van der Waals surface area contributed by atoms with Gasteiger partial charge in [-0.05, 0) is 35.4 Å². The van der Waals surface area contributed by atoms with E-state index in [0.29, 0.717) is 11.1 Å². The highest BCUT2D eigenvalue weighted by Crippen LogP contribution is 2.50. The molecular formula is C22H21FN2O5. The number of esters is 1. The molecule has 0 aliphatic carbocycles. The fourth-order valence-corrected chi connectivity index (χ4v) is 4.64. The Bertz CT molecular complexity index is 1010. The molecule has 2 aliphatic heterocycles. The van der Waals surface area contributed by atoms with Crippen LogP contribution in [0.15, 0.2) is 48.5 Å². The van der Waals surface area contributed by atoms with Crippen molar-refractivity contribution in [2.45, 2.75) is 18.0 Å². The number of phenolic OH excluding ortho intramolecular Hbond substituents is 1. The van der Waals surface area contributed by atoms with Crippen molar-refractivity contribution in [3.8, 4) is 5.75 Å². The van der Waals surface area contributed by atoms with Gasteiger partial charge in [-0.2, -0.15) is 0 Å². The summed E-state index contributed by atoms with van der Waals surface area (Å²) in [6.07, 6.45) is 0.0751. The van der Waals surface area contributed by atoms with Gasteiger partial charge >= 0.3 is 5.97 Å². The van der Waals surface area contributed by atoms with Crippen LogP contribution in [0, 0.1) is 17.7 Å². The number of likely N-dealkylation sites (tertiary alicyclic amines) is 1. The number of carbonyl (C=O) groups is 3. The molecule has 2 N–H and O–H groups in total. The van der Waals surface area contributed by atoms with Gasteiger partial charge in [-0.25, -0.2) is 4.39 Å². The van der Waals surface area contributed by atoms with E-state index in [1.165, 1.54) is 50.6 Å². The molecule has 156 valence electrons. The fourth-order valence-electron chi connectivity index (χ4n) is 4.64. The molecule has 0 bridgehead atoms. The third-order valence-corrected chi connectivity index (χ3v) is 6.07. The summed E-state index contributed by atoms with van der Waals surface area (Å²) in [5, 5.41) is 12.8. The number of ether oxygens (including phenoxy) is 1. The van der Waals surface area contributed by atoms with Gasteiger partial charge in [0.15, 0.2) is 0 Å². The molecule has 2 fully saturated rings. The third-order valence-electron chi connectivity index (χ3n) is 6.07. The number of aromatic hydroxyl groups is 1. The Labute approximate surface area is 172 Å². The fraction of sp³-hybridized carbons (Fsp3) is 0.318. The molecule has 4 rings (SSSR count). The summed E-state index contributed by atoms with van der Waals surface area (Å²) in [6.45, 7) is 0. The molecule has 4 atom stereocenters. The second-order valence-corrected chi connectivity index (χ2v) is 7.72. The maximum Gasteiger partial charge on any atom is 0.327 e. The van der Waals surface area contributed by atoms with Crippen LogP contribution in [0.1, 0.15) is 17.2 Å². The zero-order valence-corrected chi connectivity index (χ0v) is 16.5. The minimum Gasteiger partial charge on any atom is -0.508 e. The summed E-state index contributed by atoms with van der Waals surface area (Å²) in [5.74, 6) is -3.70. The lowest BCUT2D eigenvalue weighted by Gasteiger charge is -2.32. The van der Waals surface area contributed by atoms with Crippen LogP contribution in [-0.4, -0.2) is 47.5 Å². The lowest BCUT2D eigenvalue weighted by Crippen LogP contribution is -2.57. The van der Waals surface area contributed by atoms with Gasteiger partial charge in [-0.1, -0.05) is 24.3 Å². The Morgan fingerprint density at radius 3 is 2.37 bits per heavy atom. The number of benzene rings is 2. The highest BCUT2D eigenvalue weighted by Gasteiger charge is 2.68. The Morgan fingerprint density at radius 1 is 1.13 bits per heavy atom. The summed E-state index contributed by atoms with van der Waals surface area (Å²) < 4.78 is 18.5. The van der Waals surface area contributed by atoms with Crippen LogP contribution in [0.25, 0.3) is 0 Å². The van der Waals surface area contributed by atoms with Crippen LogP contribution in [-0.2, 0) is 25.5 Å². The molecule has 0 unspecified atom stereocenters. The lowest BCUT2D eigenvalue weighted by atomic mass is 9.76. The normalized spacial score (nSPS) is 28.0. The molecule has 0 aromatic heterocycles. The number of fused-ring (bicyclic) bond motifs is 1. The topological polar surface area (TPSA) is 95.9 Å². The van der Waals surface area contributed by atoms with E-state index in [1.54, 1.807) is 12.1 Å². The molecule has 0 spiro atoms. The van der Waals surface area contributed by atoms with Crippen LogP contribution in [0.4, 0.5) is 4.39 Å². The molecule has 2 saturated heterocycles. The predicted molar refractivity (Wildman–Crippen MR) is 104 cm³/mol. The Balaban J connectivity index is 1.84. The van der Waals surface area contributed by atoms with Gasteiger partial charge in [0.1, 0.15) is 17.1 Å². The van der Waals surface area contributed by atoms with Gasteiger partial charge in [0.25, 0.3) is 0 Å². The van der Waals surface area contributed by atoms with Crippen LogP contribution in [0.2, 0.25) is 0 Å². The van der Waals surface area contributed by atoms with Crippen molar-refractivity contribution in [2.24, 2.45) is 11.8 Å². The lowest BCUT2D eigenvalue weighted by molar-refractivity contribution is -0.153. The molecular weight excluding hydrogens is 391 g/mol. The Hall–Kier alpha value is -3.26. The zero-order chi connectivity index (χ0) is 21.6. The van der Waals surface area contributed by atoms with E-state index in [0.717, 1.165) is 4.90 Å². The van der Waals surface area contributed by atoms with E-state index in [4.69, 9.17) is 4.74 Å². The first-order valence-electron chi connectivity index (χ1n) is 9.49. The summed E-state index contributed by atoms with van der Waals surface area (Å²) in [7, 11) is 2.63. The molecule has 0 radical (unpaired) electrons. The van der Waals surface area contributed by atoms with Gasteiger partial charge in [0.2, 0.25) is 11.8 Å². The number of halogens is 1. The molecule has 2 aliphatic rings. The first kappa shape index (κ1) is 20.0. The van der Waals surface area contributed by atoms with Gasteiger partial charge in [-0.15, -0.1) is 0 Å². The first-order chi connectivity index (χ1) is 14.3. The predicted octanol–water partition coefficient (Wildman–Crippen LogP) is 1.56. The van der Waals surface area contributed by atoms with E-state index in [9.17, 15) is 23.9 Å². The molecule has 0 saturated carbocycles. The zero-order valence-electron chi connectivity index (χ0n) is 16.5. The molecule has 30 heavy (non-hydrogen) atoms. The molecule has 2 aromatic rings. The maximum atomic E-state index is 13.5. The Morgan fingerprint density at radius 2 is 1.77 bits per heavy atom. The van der Waals surface area contributed by atoms with E-state index < -0.39 is 47.0 Å². The quantitative estimate of drug-likeness (QED) is 0.585. The number of hydrogen-bond donors (Lipinski definition) is 2. The number of amides is 2. The SMILES string of the molecule is COC(=O)[C@]1(Cc2ccc(O)cc2)N[C@@H](c2ccc(F)cc2)[C@@H]2C(=O)N(C)C(=O)[C@H]21. The standard InChI is InChI=1S/C22H21FN2O5/c1-25-19(27)16-17(20(25)28)22(21(29)30-2,11-12-3-9-15(26)10-4-12)24-18(16)13-5-7-14(23)8-6-13/h3-10,16-18,24,26H,11H2,1-2H3/t16-,17+,18+,22-/m1/s1. The van der Waals surface area contributed by atoms with Gasteiger partial charge in [-0.3, -0.25) is 24.6 Å². The highest BCUT2D eigenvalue weighted by molar-refractivity contribution is 6.09. The third kappa shape index (κ3) is 2.95. The minimum absolute atomic E-state index is 0.0687. The van der Waals surface area contributed by atoms with E-state index in [1.807, 2.05) is 0 Å². The average Bonchev–Trinajstić information content (AvgIpc) is 3.20. The second kappa shape index (κ2) is 7.21. The molecule has 7 nitrogen and oxygen atoms in total. The summed E-state index contributed by atoms with van der Waals surface area (Å²) >= 11 is 0. The van der Waals surface area contributed by atoms with Crippen molar-refractivity contribution in [3.05, 3.63) is 65.5 Å². The number of imide groups is 1. The Kier molecular flexibility index (Phi) is 4.82. The van der Waals surface area contributed by atoms with Crippen molar-refractivity contribution in [1.29, 1.82) is 0 Å². The summed E-state index contributed by atoms with van der Waals surface area (Å²) in [4.78, 5) is 40.1. The van der Waals surface area contributed by atoms with Crippen LogP contribution in [0.5, 0.6) is 5.75 Å². The van der Waals surface area contributed by atoms with Crippen molar-refractivity contribution < 1.29 is 28.6 Å². The van der Waals surface area contributed by atoms with Gasteiger partial charge < -0.3 is 9.84 Å². The minimum atomic E-state index is -1.49. The van der Waals surface area contributed by atoms with Crippen LogP contribution in [0.3, 0.4) is 0 Å². The maximum absolute atomic E-state index is 13.5. The average molecular weight is 412 g/mol. The largest absolute Gasteiger partial charge is 0.508 e. The monoisotopic (exact) mass is 412 g/mol. The number of methoxy groups -OCH3 is 1. The van der Waals surface area contributed by atoms with E-state index in [2.05, 4.69) is 5.32 Å². The van der Waals surface area contributed by atoms with Crippen LogP contribution >= 0.6 is 0 Å². The van der Waals surface area contributed by atoms with Crippen LogP contribution < -0.4 is 5.32 Å². The number of carbonyl (C=O) groups excluding carboxylic acids is 3. The highest BCUT2D eigenvalue weighted by atomic mass is 19.1. The summed E-state index contributed by atoms with van der Waals surface area (Å²) in [5.41, 5.74) is -0.217. The summed E-state index contributed by atoms with van der Waals surface area (Å²) in [6, 6.07) is 11.2. The molecule has 2 aromatic carbocycles. The number of hydrogen-bond acceptors (Lipinski definition) is 6. The number of nitrogens with zero attached hydrogens (tertiary/aromatic N) is 1. The molecule has 8 heteroatoms. The van der Waals surface area contributed by atoms with Gasteiger partial charge in [0, 0.05) is 19.5 Å². The first-order valence-corrected chi connectivity index (χ1v) is 9.49. The number of nitrogens with one attached hydrogen (secondary N) is 1. The second-order valence-electron chi connectivity index (χ2n) is 7.72. The van der Waals surface area contributed by atoms with Crippen molar-refractivity contribution in [1.82, 2.24) is 10.2 Å². The van der Waals surface area contributed by atoms with Crippen molar-refractivity contribution in [3.63, 3.8) is 0 Å². The number of rotatable bonds is 4. The smallest absolute Gasteiger partial charge is 0.327 e. The van der Waals surface area contributed by atoms with Gasteiger partial charge in [0.05, 0.1) is 18.9 Å².